The summed E-state index contributed by atoms with van der Waals surface area (Å²) in [6, 6.07) is 1.97. The third kappa shape index (κ3) is 2.56. The van der Waals surface area contributed by atoms with Crippen LogP contribution in [-0.2, 0) is 9.47 Å². The highest BCUT2D eigenvalue weighted by atomic mass is 16.6. The van der Waals surface area contributed by atoms with E-state index in [1.165, 1.54) is 0 Å². The third-order valence-corrected chi connectivity index (χ3v) is 2.65. The van der Waals surface area contributed by atoms with Gasteiger partial charge in [0.05, 0.1) is 25.9 Å². The average molecular weight is 223 g/mol. The number of hydrogen-bond donors (Lipinski definition) is 2. The van der Waals surface area contributed by atoms with Gasteiger partial charge in [0.15, 0.2) is 0 Å². The van der Waals surface area contributed by atoms with Crippen molar-refractivity contribution >= 4 is 0 Å². The number of pyridine rings is 1. The molecule has 0 aromatic carbocycles. The van der Waals surface area contributed by atoms with Gasteiger partial charge in [0, 0.05) is 12.4 Å². The monoisotopic (exact) mass is 223 g/mol. The van der Waals surface area contributed by atoms with Gasteiger partial charge in [-0.2, -0.15) is 0 Å². The lowest BCUT2D eigenvalue weighted by atomic mass is 10.0. The van der Waals surface area contributed by atoms with Crippen LogP contribution in [0.1, 0.15) is 17.2 Å². The molecule has 0 radical (unpaired) electrons. The van der Waals surface area contributed by atoms with E-state index in [-0.39, 0.29) is 12.1 Å². The topological polar surface area (TPSA) is 69.4 Å². The van der Waals surface area contributed by atoms with E-state index in [1.807, 2.05) is 13.1 Å². The van der Waals surface area contributed by atoms with Crippen LogP contribution < -0.4 is 11.3 Å². The first-order chi connectivity index (χ1) is 7.81. The molecule has 5 nitrogen and oxygen atoms in total. The quantitative estimate of drug-likeness (QED) is 0.570. The number of nitrogens with zero attached hydrogens (tertiary/aromatic N) is 1. The van der Waals surface area contributed by atoms with Crippen LogP contribution in [0.25, 0.3) is 0 Å². The third-order valence-electron chi connectivity index (χ3n) is 2.65. The van der Waals surface area contributed by atoms with Crippen molar-refractivity contribution in [3.8, 4) is 0 Å². The van der Waals surface area contributed by atoms with Crippen LogP contribution in [0.15, 0.2) is 18.5 Å². The molecular weight excluding hydrogens is 206 g/mol. The molecule has 1 fully saturated rings. The smallest absolute Gasteiger partial charge is 0.102 e. The van der Waals surface area contributed by atoms with Crippen molar-refractivity contribution in [2.24, 2.45) is 5.84 Å². The van der Waals surface area contributed by atoms with Gasteiger partial charge in [-0.1, -0.05) is 6.07 Å². The van der Waals surface area contributed by atoms with E-state index in [0.717, 1.165) is 11.1 Å². The average Bonchev–Trinajstić information content (AvgIpc) is 2.31. The van der Waals surface area contributed by atoms with E-state index in [4.69, 9.17) is 15.3 Å². The summed E-state index contributed by atoms with van der Waals surface area (Å²) in [5.74, 6) is 5.57. The van der Waals surface area contributed by atoms with E-state index in [9.17, 15) is 0 Å². The second-order valence-corrected chi connectivity index (χ2v) is 3.92. The van der Waals surface area contributed by atoms with Gasteiger partial charge in [-0.3, -0.25) is 16.3 Å². The zero-order valence-electron chi connectivity index (χ0n) is 9.35. The molecule has 3 N–H and O–H groups in total. The molecule has 0 saturated carbocycles. The molecule has 2 rings (SSSR count). The SMILES string of the molecule is Cc1cncc(C(NN)C2COCCO2)c1. The first kappa shape index (κ1) is 11.5. The molecule has 2 atom stereocenters. The minimum Gasteiger partial charge on any atom is -0.376 e. The summed E-state index contributed by atoms with van der Waals surface area (Å²) in [7, 11) is 0. The first-order valence-corrected chi connectivity index (χ1v) is 5.38. The summed E-state index contributed by atoms with van der Waals surface area (Å²) in [6.45, 7) is 3.83. The van der Waals surface area contributed by atoms with Gasteiger partial charge in [-0.05, 0) is 18.1 Å². The molecule has 16 heavy (non-hydrogen) atoms. The summed E-state index contributed by atoms with van der Waals surface area (Å²) >= 11 is 0. The molecule has 1 aromatic rings. The minimum atomic E-state index is -0.0762. The van der Waals surface area contributed by atoms with Gasteiger partial charge < -0.3 is 9.47 Å². The molecule has 2 heterocycles. The van der Waals surface area contributed by atoms with Gasteiger partial charge in [-0.25, -0.2) is 0 Å². The van der Waals surface area contributed by atoms with Crippen LogP contribution in [0.4, 0.5) is 0 Å². The number of nitrogens with two attached hydrogens (primary N) is 1. The molecule has 0 aliphatic carbocycles. The molecule has 0 amide bonds. The Bertz CT molecular complexity index is 340. The molecule has 5 heteroatoms. The number of hydrazine groups is 1. The van der Waals surface area contributed by atoms with Crippen molar-refractivity contribution in [3.05, 3.63) is 29.6 Å². The van der Waals surface area contributed by atoms with Crippen LogP contribution in [0, 0.1) is 6.92 Å². The summed E-state index contributed by atoms with van der Waals surface area (Å²) in [5.41, 5.74) is 4.90. The fourth-order valence-electron chi connectivity index (χ4n) is 1.87. The van der Waals surface area contributed by atoms with Crippen LogP contribution >= 0.6 is 0 Å². The highest BCUT2D eigenvalue weighted by Crippen LogP contribution is 2.20. The van der Waals surface area contributed by atoms with Crippen LogP contribution in [0.5, 0.6) is 0 Å². The fourth-order valence-corrected chi connectivity index (χ4v) is 1.87. The Kier molecular flexibility index (Phi) is 3.84. The van der Waals surface area contributed by atoms with Crippen molar-refractivity contribution in [1.29, 1.82) is 0 Å². The Labute approximate surface area is 94.9 Å². The largest absolute Gasteiger partial charge is 0.376 e. The Morgan fingerprint density at radius 1 is 1.50 bits per heavy atom. The minimum absolute atomic E-state index is 0.0534. The van der Waals surface area contributed by atoms with Crippen LogP contribution in [-0.4, -0.2) is 30.9 Å². The lowest BCUT2D eigenvalue weighted by molar-refractivity contribution is -0.102. The second kappa shape index (κ2) is 5.36. The van der Waals surface area contributed by atoms with Gasteiger partial charge >= 0.3 is 0 Å². The van der Waals surface area contributed by atoms with E-state index in [2.05, 4.69) is 16.5 Å². The van der Waals surface area contributed by atoms with E-state index < -0.39 is 0 Å². The number of hydrogen-bond acceptors (Lipinski definition) is 5. The highest BCUT2D eigenvalue weighted by molar-refractivity contribution is 5.21. The van der Waals surface area contributed by atoms with Crippen molar-refractivity contribution in [2.45, 2.75) is 19.1 Å². The molecule has 88 valence electrons. The van der Waals surface area contributed by atoms with E-state index in [0.29, 0.717) is 19.8 Å². The molecule has 0 bridgehead atoms. The normalized spacial score (nSPS) is 23.0. The predicted octanol–water partition coefficient (Wildman–Crippen LogP) is 0.310. The molecule has 0 spiro atoms. The standard InChI is InChI=1S/C11H17N3O2/c1-8-4-9(6-13-5-8)11(14-12)10-7-15-2-3-16-10/h4-6,10-11,14H,2-3,7,12H2,1H3. The maximum Gasteiger partial charge on any atom is 0.102 e. The van der Waals surface area contributed by atoms with Crippen molar-refractivity contribution in [3.63, 3.8) is 0 Å². The molecule has 1 aromatic heterocycles. The molecule has 2 unspecified atom stereocenters. The Morgan fingerprint density at radius 3 is 3.00 bits per heavy atom. The summed E-state index contributed by atoms with van der Waals surface area (Å²) in [6.07, 6.45) is 3.56. The zero-order valence-corrected chi connectivity index (χ0v) is 9.35. The Morgan fingerprint density at radius 2 is 2.38 bits per heavy atom. The number of nitrogens with one attached hydrogen (secondary N) is 1. The van der Waals surface area contributed by atoms with Crippen molar-refractivity contribution in [2.75, 3.05) is 19.8 Å². The maximum atomic E-state index is 5.63. The van der Waals surface area contributed by atoms with Crippen LogP contribution in [0.3, 0.4) is 0 Å². The summed E-state index contributed by atoms with van der Waals surface area (Å²) in [4.78, 5) is 4.16. The highest BCUT2D eigenvalue weighted by Gasteiger charge is 2.25. The van der Waals surface area contributed by atoms with Gasteiger partial charge in [-0.15, -0.1) is 0 Å². The summed E-state index contributed by atoms with van der Waals surface area (Å²) in [5, 5.41) is 0. The number of ether oxygens (including phenoxy) is 2. The Balaban J connectivity index is 2.14. The van der Waals surface area contributed by atoms with Crippen LogP contribution in [0.2, 0.25) is 0 Å². The van der Waals surface area contributed by atoms with Gasteiger partial charge in [0.2, 0.25) is 0 Å². The molecule has 1 saturated heterocycles. The van der Waals surface area contributed by atoms with E-state index >= 15 is 0 Å². The van der Waals surface area contributed by atoms with Gasteiger partial charge in [0.1, 0.15) is 6.10 Å². The first-order valence-electron chi connectivity index (χ1n) is 5.38. The second-order valence-electron chi connectivity index (χ2n) is 3.92. The molecular formula is C11H17N3O2. The number of rotatable bonds is 3. The number of aromatic nitrogens is 1. The van der Waals surface area contributed by atoms with E-state index in [1.54, 1.807) is 6.20 Å². The maximum absolute atomic E-state index is 5.63. The number of aryl methyl sites for hydroxylation is 1. The van der Waals surface area contributed by atoms with Gasteiger partial charge in [0.25, 0.3) is 0 Å². The lowest BCUT2D eigenvalue weighted by Crippen LogP contribution is -2.43. The predicted molar refractivity (Wildman–Crippen MR) is 59.6 cm³/mol. The molecule has 1 aliphatic rings. The fraction of sp³-hybridized carbons (Fsp3) is 0.545. The summed E-state index contributed by atoms with van der Waals surface area (Å²) < 4.78 is 11.0. The Hall–Kier alpha value is -1.01. The molecule has 1 aliphatic heterocycles. The van der Waals surface area contributed by atoms with Crippen molar-refractivity contribution in [1.82, 2.24) is 10.4 Å². The lowest BCUT2D eigenvalue weighted by Gasteiger charge is -2.30. The zero-order chi connectivity index (χ0) is 11.4. The van der Waals surface area contributed by atoms with Crippen molar-refractivity contribution < 1.29 is 9.47 Å².